The van der Waals surface area contributed by atoms with Gasteiger partial charge in [-0.1, -0.05) is 24.3 Å². The van der Waals surface area contributed by atoms with Crippen LogP contribution in [-0.4, -0.2) is 47.3 Å². The highest BCUT2D eigenvalue weighted by Crippen LogP contribution is 2.23. The summed E-state index contributed by atoms with van der Waals surface area (Å²) in [6, 6.07) is 12.9. The molecule has 3 aromatic rings. The molecule has 8 heteroatoms. The summed E-state index contributed by atoms with van der Waals surface area (Å²) in [5, 5.41) is 13.1. The smallest absolute Gasteiger partial charge is 0.257 e. The highest BCUT2D eigenvalue weighted by molar-refractivity contribution is 7.13. The first-order chi connectivity index (χ1) is 13.2. The minimum atomic E-state index is -0.391. The molecule has 0 aliphatic rings. The van der Waals surface area contributed by atoms with Crippen molar-refractivity contribution < 1.29 is 13.9 Å². The molecular formula is C19H22N4O3S. The van der Waals surface area contributed by atoms with E-state index in [1.807, 2.05) is 59.7 Å². The van der Waals surface area contributed by atoms with E-state index < -0.39 is 6.04 Å². The van der Waals surface area contributed by atoms with E-state index in [-0.39, 0.29) is 5.91 Å². The minimum absolute atomic E-state index is 0.102. The lowest BCUT2D eigenvalue weighted by Crippen LogP contribution is -2.43. The Balaban J connectivity index is 1.68. The molecule has 0 radical (unpaired) electrons. The van der Waals surface area contributed by atoms with E-state index >= 15 is 0 Å². The molecule has 1 aromatic carbocycles. The molecule has 0 fully saturated rings. The molecule has 2 heterocycles. The van der Waals surface area contributed by atoms with Crippen LogP contribution < -0.4 is 5.32 Å². The molecule has 3 rings (SSSR count). The van der Waals surface area contributed by atoms with Gasteiger partial charge in [0.05, 0.1) is 24.1 Å². The summed E-state index contributed by atoms with van der Waals surface area (Å²) < 4.78 is 10.9. The average molecular weight is 386 g/mol. The van der Waals surface area contributed by atoms with Crippen molar-refractivity contribution in [2.24, 2.45) is 0 Å². The fourth-order valence-electron chi connectivity index (χ4n) is 2.54. The van der Waals surface area contributed by atoms with Crippen LogP contribution in [0.4, 0.5) is 5.69 Å². The standard InChI is InChI=1S/C19H22N4O3S/c1-14(18(24)20-15-7-4-3-5-8-15)23(10-11-25-2)13-17-21-22-19(26-17)16-9-6-12-27-16/h3-9,12,14H,10-11,13H2,1-2H3,(H,20,24)/t14-/m0/s1. The van der Waals surface area contributed by atoms with Crippen LogP contribution in [0.2, 0.25) is 0 Å². The third kappa shape index (κ3) is 5.22. The zero-order valence-corrected chi connectivity index (χ0v) is 16.1. The van der Waals surface area contributed by atoms with Crippen LogP contribution in [0.15, 0.2) is 52.3 Å². The van der Waals surface area contributed by atoms with Crippen molar-refractivity contribution in [1.82, 2.24) is 15.1 Å². The number of nitrogens with zero attached hydrogens (tertiary/aromatic N) is 3. The molecule has 0 unspecified atom stereocenters. The zero-order chi connectivity index (χ0) is 19.1. The van der Waals surface area contributed by atoms with Crippen molar-refractivity contribution in [3.05, 3.63) is 53.7 Å². The number of hydrogen-bond donors (Lipinski definition) is 1. The first-order valence-corrected chi connectivity index (χ1v) is 9.50. The molecule has 0 bridgehead atoms. The van der Waals surface area contributed by atoms with Crippen molar-refractivity contribution in [3.8, 4) is 10.8 Å². The maximum atomic E-state index is 12.6. The van der Waals surface area contributed by atoms with Gasteiger partial charge in [-0.3, -0.25) is 9.69 Å². The maximum Gasteiger partial charge on any atom is 0.257 e. The predicted octanol–water partition coefficient (Wildman–Crippen LogP) is 3.27. The Labute approximate surface area is 162 Å². The van der Waals surface area contributed by atoms with E-state index in [2.05, 4.69) is 15.5 Å². The van der Waals surface area contributed by atoms with Gasteiger partial charge in [0.1, 0.15) is 0 Å². The second-order valence-corrected chi connectivity index (χ2v) is 6.92. The number of para-hydroxylation sites is 1. The third-order valence-electron chi connectivity index (χ3n) is 4.09. The SMILES string of the molecule is COCCN(Cc1nnc(-c2cccs2)o1)[C@@H](C)C(=O)Nc1ccccc1. The van der Waals surface area contributed by atoms with Crippen LogP contribution in [0.3, 0.4) is 0 Å². The van der Waals surface area contributed by atoms with Gasteiger partial charge in [-0.15, -0.1) is 21.5 Å². The summed E-state index contributed by atoms with van der Waals surface area (Å²) in [5.41, 5.74) is 0.763. The van der Waals surface area contributed by atoms with E-state index in [4.69, 9.17) is 9.15 Å². The Morgan fingerprint density at radius 3 is 2.78 bits per heavy atom. The lowest BCUT2D eigenvalue weighted by molar-refractivity contribution is -0.121. The van der Waals surface area contributed by atoms with Crippen molar-refractivity contribution >= 4 is 22.9 Å². The molecule has 27 heavy (non-hydrogen) atoms. The molecule has 1 N–H and O–H groups in total. The monoisotopic (exact) mass is 386 g/mol. The van der Waals surface area contributed by atoms with E-state index in [1.54, 1.807) is 18.4 Å². The topological polar surface area (TPSA) is 80.5 Å². The Kier molecular flexibility index (Phi) is 6.69. The Bertz CT molecular complexity index is 836. The quantitative estimate of drug-likeness (QED) is 0.608. The summed E-state index contributed by atoms with van der Waals surface area (Å²) in [4.78, 5) is 15.5. The van der Waals surface area contributed by atoms with Gasteiger partial charge >= 0.3 is 0 Å². The average Bonchev–Trinajstić information content (AvgIpc) is 3.37. The molecular weight excluding hydrogens is 364 g/mol. The number of benzene rings is 1. The van der Waals surface area contributed by atoms with Crippen molar-refractivity contribution in [1.29, 1.82) is 0 Å². The summed E-state index contributed by atoms with van der Waals surface area (Å²) in [7, 11) is 1.63. The fourth-order valence-corrected chi connectivity index (χ4v) is 3.19. The Morgan fingerprint density at radius 2 is 2.07 bits per heavy atom. The van der Waals surface area contributed by atoms with Gasteiger partial charge in [0, 0.05) is 19.3 Å². The molecule has 7 nitrogen and oxygen atoms in total. The van der Waals surface area contributed by atoms with Crippen LogP contribution in [-0.2, 0) is 16.1 Å². The number of ether oxygens (including phenoxy) is 1. The summed E-state index contributed by atoms with van der Waals surface area (Å²) >= 11 is 1.54. The number of hydrogen-bond acceptors (Lipinski definition) is 7. The number of methoxy groups -OCH3 is 1. The summed E-state index contributed by atoms with van der Waals surface area (Å²) in [6.07, 6.45) is 0. The van der Waals surface area contributed by atoms with Crippen molar-refractivity contribution in [3.63, 3.8) is 0 Å². The van der Waals surface area contributed by atoms with Crippen LogP contribution in [0.25, 0.3) is 10.8 Å². The number of rotatable bonds is 9. The lowest BCUT2D eigenvalue weighted by atomic mass is 10.2. The Morgan fingerprint density at radius 1 is 1.26 bits per heavy atom. The number of aromatic nitrogens is 2. The molecule has 1 atom stereocenters. The van der Waals surface area contributed by atoms with Crippen LogP contribution in [0.1, 0.15) is 12.8 Å². The number of carbonyl (C=O) groups is 1. The molecule has 0 spiro atoms. The zero-order valence-electron chi connectivity index (χ0n) is 15.3. The van der Waals surface area contributed by atoms with E-state index in [9.17, 15) is 4.79 Å². The molecule has 0 aliphatic heterocycles. The highest BCUT2D eigenvalue weighted by Gasteiger charge is 2.23. The van der Waals surface area contributed by atoms with Gasteiger partial charge in [0.25, 0.3) is 5.89 Å². The number of carbonyl (C=O) groups excluding carboxylic acids is 1. The summed E-state index contributed by atoms with van der Waals surface area (Å²) in [6.45, 7) is 3.28. The normalized spacial score (nSPS) is 12.3. The van der Waals surface area contributed by atoms with Gasteiger partial charge in [-0.05, 0) is 30.5 Å². The largest absolute Gasteiger partial charge is 0.419 e. The molecule has 0 saturated carbocycles. The lowest BCUT2D eigenvalue weighted by Gasteiger charge is -2.26. The number of anilines is 1. The van der Waals surface area contributed by atoms with Gasteiger partial charge in [0.15, 0.2) is 0 Å². The first-order valence-electron chi connectivity index (χ1n) is 8.62. The summed E-state index contributed by atoms with van der Waals surface area (Å²) in [5.74, 6) is 0.859. The molecule has 1 amide bonds. The molecule has 0 saturated heterocycles. The van der Waals surface area contributed by atoms with E-state index in [0.29, 0.717) is 31.5 Å². The number of amides is 1. The maximum absolute atomic E-state index is 12.6. The molecule has 2 aromatic heterocycles. The highest BCUT2D eigenvalue weighted by atomic mass is 32.1. The van der Waals surface area contributed by atoms with Gasteiger partial charge in [0.2, 0.25) is 11.8 Å². The molecule has 142 valence electrons. The van der Waals surface area contributed by atoms with Gasteiger partial charge in [-0.2, -0.15) is 0 Å². The van der Waals surface area contributed by atoms with Gasteiger partial charge < -0.3 is 14.5 Å². The second kappa shape index (κ2) is 9.40. The van der Waals surface area contributed by atoms with Crippen LogP contribution in [0, 0.1) is 0 Å². The van der Waals surface area contributed by atoms with Crippen molar-refractivity contribution in [2.45, 2.75) is 19.5 Å². The fraction of sp³-hybridized carbons (Fsp3) is 0.316. The Hall–Kier alpha value is -2.55. The molecule has 0 aliphatic carbocycles. The first kappa shape index (κ1) is 19.2. The van der Waals surface area contributed by atoms with E-state index in [0.717, 1.165) is 10.6 Å². The third-order valence-corrected chi connectivity index (χ3v) is 4.95. The van der Waals surface area contributed by atoms with Gasteiger partial charge in [-0.25, -0.2) is 0 Å². The van der Waals surface area contributed by atoms with Crippen molar-refractivity contribution in [2.75, 3.05) is 25.6 Å². The number of nitrogens with one attached hydrogen (secondary N) is 1. The van der Waals surface area contributed by atoms with Crippen LogP contribution >= 0.6 is 11.3 Å². The second-order valence-electron chi connectivity index (χ2n) is 5.97. The van der Waals surface area contributed by atoms with E-state index in [1.165, 1.54) is 0 Å². The predicted molar refractivity (Wildman–Crippen MR) is 104 cm³/mol. The minimum Gasteiger partial charge on any atom is -0.419 e. The number of thiophene rings is 1. The van der Waals surface area contributed by atoms with Crippen LogP contribution in [0.5, 0.6) is 0 Å².